The van der Waals surface area contributed by atoms with Gasteiger partial charge in [0, 0.05) is 9.52 Å². The van der Waals surface area contributed by atoms with E-state index in [2.05, 4.69) is 98.0 Å². The molecular weight excluding hydrogens is 494 g/mol. The molecule has 0 aromatic heterocycles. The molecule has 0 bridgehead atoms. The van der Waals surface area contributed by atoms with Gasteiger partial charge in [-0.2, -0.15) is 59.7 Å². The van der Waals surface area contributed by atoms with Gasteiger partial charge in [-0.25, -0.2) is 0 Å². The van der Waals surface area contributed by atoms with Crippen LogP contribution in [0.3, 0.4) is 0 Å². The van der Waals surface area contributed by atoms with Crippen LogP contribution in [-0.4, -0.2) is 9.52 Å². The monoisotopic (exact) mass is 517 g/mol. The van der Waals surface area contributed by atoms with Crippen molar-refractivity contribution >= 4 is 9.52 Å². The Morgan fingerprint density at radius 1 is 0.625 bits per heavy atom. The Balaban J connectivity index is 0.000000146. The van der Waals surface area contributed by atoms with E-state index in [1.807, 2.05) is 12.1 Å². The summed E-state index contributed by atoms with van der Waals surface area (Å²) in [5.41, 5.74) is 11.0. The molecule has 0 fully saturated rings. The standard InChI is InChI=1S/2C13H9.C2H7Si.2FH.Zr/c2*1-3-7-12-10(5-1)9-11-6-2-4-8-13(11)12;1-3-2;;;/h2*1-5,7-8H,9H2;3H,1-2H3;2*1H;/q2*-1;;;;+4/p-2. The maximum absolute atomic E-state index is 9.80. The van der Waals surface area contributed by atoms with Gasteiger partial charge in [0.2, 0.25) is 0 Å². The third-order valence-electron chi connectivity index (χ3n) is 5.23. The van der Waals surface area contributed by atoms with Crippen molar-refractivity contribution in [3.05, 3.63) is 119 Å². The SMILES string of the molecule is C[SiH]C.[F][Zr+2][F].[c-]1cccc2c1Cc1ccccc1-2.[c-]1cccc2c1Cc1ccccc1-2. The Hall–Kier alpha value is -2.16. The molecule has 4 heteroatoms. The van der Waals surface area contributed by atoms with Crippen LogP contribution in [0.15, 0.2) is 84.9 Å². The quantitative estimate of drug-likeness (QED) is 0.144. The summed E-state index contributed by atoms with van der Waals surface area (Å²) in [7, 11) is 0.750. The number of hydrogen-bond donors (Lipinski definition) is 0. The minimum absolute atomic E-state index is 0.750. The molecule has 0 nitrogen and oxygen atoms in total. The van der Waals surface area contributed by atoms with Crippen molar-refractivity contribution in [2.24, 2.45) is 0 Å². The zero-order valence-electron chi connectivity index (χ0n) is 18.3. The van der Waals surface area contributed by atoms with E-state index in [9.17, 15) is 5.25 Å². The fourth-order valence-electron chi connectivity index (χ4n) is 4.00. The summed E-state index contributed by atoms with van der Waals surface area (Å²) >= 11 is -2.77. The van der Waals surface area contributed by atoms with E-state index in [0.29, 0.717) is 0 Å². The van der Waals surface area contributed by atoms with Gasteiger partial charge in [0.15, 0.2) is 0 Å². The number of halogens is 2. The molecule has 0 heterocycles. The normalized spacial score (nSPS) is 10.9. The van der Waals surface area contributed by atoms with Crippen LogP contribution in [-0.2, 0) is 37.3 Å². The zero-order valence-corrected chi connectivity index (χ0v) is 21.9. The van der Waals surface area contributed by atoms with Crippen molar-refractivity contribution in [3.63, 3.8) is 0 Å². The van der Waals surface area contributed by atoms with Crippen LogP contribution in [0.1, 0.15) is 22.3 Å². The smallest absolute Gasteiger partial charge is 0.0253 e. The number of benzene rings is 4. The molecule has 4 aromatic carbocycles. The van der Waals surface area contributed by atoms with Crippen LogP contribution in [0.5, 0.6) is 0 Å². The van der Waals surface area contributed by atoms with Crippen molar-refractivity contribution in [3.8, 4) is 22.3 Å². The molecule has 6 rings (SSSR count). The third-order valence-corrected chi connectivity index (χ3v) is 5.23. The van der Waals surface area contributed by atoms with Gasteiger partial charge < -0.3 is 0 Å². The average molecular weight is 519 g/mol. The van der Waals surface area contributed by atoms with Crippen LogP contribution >= 0.6 is 0 Å². The summed E-state index contributed by atoms with van der Waals surface area (Å²) in [6.45, 7) is 4.42. The fraction of sp³-hybridized carbons (Fsp3) is 0.143. The molecule has 4 aromatic rings. The molecule has 0 saturated heterocycles. The zero-order chi connectivity index (χ0) is 22.8. The molecule has 0 atom stereocenters. The van der Waals surface area contributed by atoms with E-state index in [1.165, 1.54) is 44.5 Å². The first-order valence-electron chi connectivity index (χ1n) is 10.6. The second-order valence-electron chi connectivity index (χ2n) is 7.44. The van der Waals surface area contributed by atoms with Gasteiger partial charge in [-0.3, -0.25) is 0 Å². The van der Waals surface area contributed by atoms with Gasteiger partial charge in [-0.1, -0.05) is 83.9 Å². The molecule has 0 N–H and O–H groups in total. The van der Waals surface area contributed by atoms with E-state index in [1.54, 1.807) is 0 Å². The van der Waals surface area contributed by atoms with Gasteiger partial charge in [0.1, 0.15) is 0 Å². The molecule has 159 valence electrons. The molecule has 0 amide bonds. The molecule has 0 aliphatic heterocycles. The molecule has 0 unspecified atom stereocenters. The predicted octanol–water partition coefficient (Wildman–Crippen LogP) is 7.47. The molecule has 0 saturated carbocycles. The minimum Gasteiger partial charge on any atom is -0.179 e. The molecule has 1 radical (unpaired) electrons. The summed E-state index contributed by atoms with van der Waals surface area (Å²) in [5, 5.41) is 0. The van der Waals surface area contributed by atoms with Crippen molar-refractivity contribution in [1.29, 1.82) is 0 Å². The number of rotatable bonds is 0. The Labute approximate surface area is 205 Å². The first kappa shape index (κ1) is 24.5. The van der Waals surface area contributed by atoms with Crippen molar-refractivity contribution in [2.45, 2.75) is 25.9 Å². The van der Waals surface area contributed by atoms with Gasteiger partial charge >= 0.3 is 29.7 Å². The fourth-order valence-corrected chi connectivity index (χ4v) is 4.00. The number of hydrogen-bond acceptors (Lipinski definition) is 0. The summed E-state index contributed by atoms with van der Waals surface area (Å²) < 4.78 is 19.6. The second kappa shape index (κ2) is 12.8. The van der Waals surface area contributed by atoms with Crippen LogP contribution in [0.2, 0.25) is 13.1 Å². The maximum Gasteiger partial charge on any atom is -0.0253 e. The number of fused-ring (bicyclic) bond motifs is 6. The van der Waals surface area contributed by atoms with Gasteiger partial charge in [-0.15, -0.1) is 11.1 Å². The van der Waals surface area contributed by atoms with Crippen LogP contribution in [0, 0.1) is 12.1 Å². The maximum atomic E-state index is 9.80. The van der Waals surface area contributed by atoms with Crippen molar-refractivity contribution in [1.82, 2.24) is 0 Å². The van der Waals surface area contributed by atoms with E-state index < -0.39 is 24.5 Å². The Kier molecular flexibility index (Phi) is 9.77. The summed E-state index contributed by atoms with van der Waals surface area (Å²) in [4.78, 5) is 0. The first-order chi connectivity index (χ1) is 15.7. The van der Waals surface area contributed by atoms with E-state index in [-0.39, 0.29) is 0 Å². The topological polar surface area (TPSA) is 0 Å². The predicted molar refractivity (Wildman–Crippen MR) is 128 cm³/mol. The summed E-state index contributed by atoms with van der Waals surface area (Å²) in [6, 6.07) is 36.2. The summed E-state index contributed by atoms with van der Waals surface area (Å²) in [6.07, 6.45) is 2.10. The average Bonchev–Trinajstić information content (AvgIpc) is 3.39. The van der Waals surface area contributed by atoms with Gasteiger partial charge in [-0.05, 0) is 12.8 Å². The largest absolute Gasteiger partial charge is 0.179 e. The molecule has 2 aliphatic rings. The van der Waals surface area contributed by atoms with E-state index >= 15 is 0 Å². The minimum atomic E-state index is -2.77. The first-order valence-corrected chi connectivity index (χ1v) is 14.8. The van der Waals surface area contributed by atoms with Crippen LogP contribution < -0.4 is 0 Å². The Morgan fingerprint density at radius 3 is 1.38 bits per heavy atom. The third kappa shape index (κ3) is 5.99. The van der Waals surface area contributed by atoms with Crippen molar-refractivity contribution < 1.29 is 29.7 Å². The molecule has 2 aliphatic carbocycles. The van der Waals surface area contributed by atoms with Gasteiger partial charge in [0.05, 0.1) is 0 Å². The van der Waals surface area contributed by atoms with Gasteiger partial charge in [0.25, 0.3) is 0 Å². The van der Waals surface area contributed by atoms with E-state index in [0.717, 1.165) is 22.4 Å². The van der Waals surface area contributed by atoms with E-state index in [4.69, 9.17) is 0 Å². The summed E-state index contributed by atoms with van der Waals surface area (Å²) in [5.74, 6) is 0. The molecule has 32 heavy (non-hydrogen) atoms. The van der Waals surface area contributed by atoms with Crippen LogP contribution in [0.4, 0.5) is 5.25 Å². The molecule has 0 spiro atoms. The second-order valence-corrected chi connectivity index (χ2v) is 8.95. The van der Waals surface area contributed by atoms with Crippen molar-refractivity contribution in [2.75, 3.05) is 0 Å². The molecular formula is C28H25F2SiZr. The Morgan fingerprint density at radius 2 is 0.969 bits per heavy atom. The van der Waals surface area contributed by atoms with Crippen LogP contribution in [0.25, 0.3) is 22.3 Å². The Bertz CT molecular complexity index is 965.